The highest BCUT2D eigenvalue weighted by molar-refractivity contribution is 7.92. The molecule has 1 atom stereocenters. The van der Waals surface area contributed by atoms with Crippen LogP contribution in [0, 0.1) is 0 Å². The van der Waals surface area contributed by atoms with Gasteiger partial charge in [0.15, 0.2) is 9.84 Å². The van der Waals surface area contributed by atoms with Gasteiger partial charge in [-0.3, -0.25) is 4.79 Å². The maximum absolute atomic E-state index is 11.7. The lowest BCUT2D eigenvalue weighted by molar-refractivity contribution is -0.130. The summed E-state index contributed by atoms with van der Waals surface area (Å²) in [6.45, 7) is 4.95. The Balaban J connectivity index is 4.70. The molecule has 0 aromatic rings. The van der Waals surface area contributed by atoms with Gasteiger partial charge < -0.3 is 10.0 Å². The zero-order valence-corrected chi connectivity index (χ0v) is 9.83. The van der Waals surface area contributed by atoms with E-state index in [4.69, 9.17) is 5.11 Å². The van der Waals surface area contributed by atoms with Crippen LogP contribution in [0.4, 0.5) is 0 Å². The van der Waals surface area contributed by atoms with Gasteiger partial charge >= 0.3 is 0 Å². The molecule has 0 aliphatic heterocycles. The maximum Gasteiger partial charge on any atom is 0.240 e. The van der Waals surface area contributed by atoms with E-state index in [1.807, 2.05) is 0 Å². The number of rotatable bonds is 6. The molecule has 0 aromatic heterocycles. The lowest BCUT2D eigenvalue weighted by Gasteiger charge is -2.22. The SMILES string of the molecule is C=CCN(CCO)C(=O)C(C)S(C)(=O)=O. The van der Waals surface area contributed by atoms with E-state index < -0.39 is 21.0 Å². The van der Waals surface area contributed by atoms with Crippen LogP contribution in [0.2, 0.25) is 0 Å². The molecule has 0 fully saturated rings. The van der Waals surface area contributed by atoms with Crippen molar-refractivity contribution in [3.05, 3.63) is 12.7 Å². The van der Waals surface area contributed by atoms with Crippen LogP contribution in [0.3, 0.4) is 0 Å². The Labute approximate surface area is 90.3 Å². The second-order valence-electron chi connectivity index (χ2n) is 3.27. The number of nitrogens with zero attached hydrogens (tertiary/aromatic N) is 1. The van der Waals surface area contributed by atoms with Crippen LogP contribution >= 0.6 is 0 Å². The van der Waals surface area contributed by atoms with Crippen LogP contribution in [-0.4, -0.2) is 55.5 Å². The van der Waals surface area contributed by atoms with E-state index >= 15 is 0 Å². The molecule has 0 aliphatic rings. The van der Waals surface area contributed by atoms with Crippen LogP contribution in [-0.2, 0) is 14.6 Å². The number of carbonyl (C=O) groups excluding carboxylic acids is 1. The maximum atomic E-state index is 11.7. The summed E-state index contributed by atoms with van der Waals surface area (Å²) in [7, 11) is -3.39. The molecule has 0 heterocycles. The van der Waals surface area contributed by atoms with Gasteiger partial charge in [-0.25, -0.2) is 8.42 Å². The molecule has 0 saturated carbocycles. The lowest BCUT2D eigenvalue weighted by atomic mass is 10.3. The van der Waals surface area contributed by atoms with Crippen LogP contribution in [0.15, 0.2) is 12.7 Å². The molecule has 0 aromatic carbocycles. The second-order valence-corrected chi connectivity index (χ2v) is 5.63. The van der Waals surface area contributed by atoms with E-state index in [1.165, 1.54) is 17.9 Å². The first kappa shape index (κ1) is 14.1. The minimum absolute atomic E-state index is 0.116. The fraction of sp³-hybridized carbons (Fsp3) is 0.667. The van der Waals surface area contributed by atoms with Crippen molar-refractivity contribution >= 4 is 15.7 Å². The van der Waals surface area contributed by atoms with Crippen LogP contribution < -0.4 is 0 Å². The highest BCUT2D eigenvalue weighted by atomic mass is 32.2. The van der Waals surface area contributed by atoms with Crippen molar-refractivity contribution in [1.29, 1.82) is 0 Å². The molecular weight excluding hydrogens is 218 g/mol. The van der Waals surface area contributed by atoms with E-state index in [2.05, 4.69) is 6.58 Å². The molecule has 0 rings (SSSR count). The Morgan fingerprint density at radius 2 is 2.13 bits per heavy atom. The standard InChI is InChI=1S/C9H17NO4S/c1-4-5-10(6-7-11)9(12)8(2)15(3,13)14/h4,8,11H,1,5-7H2,2-3H3. The largest absolute Gasteiger partial charge is 0.395 e. The van der Waals surface area contributed by atoms with Gasteiger partial charge in [-0.2, -0.15) is 0 Å². The summed E-state index contributed by atoms with van der Waals surface area (Å²) in [6.07, 6.45) is 2.50. The van der Waals surface area contributed by atoms with Crippen molar-refractivity contribution < 1.29 is 18.3 Å². The molecule has 1 N–H and O–H groups in total. The summed E-state index contributed by atoms with van der Waals surface area (Å²) < 4.78 is 22.3. The van der Waals surface area contributed by atoms with Gasteiger partial charge in [-0.15, -0.1) is 6.58 Å². The average Bonchev–Trinajstić information content (AvgIpc) is 2.14. The summed E-state index contributed by atoms with van der Waals surface area (Å²) in [5, 5.41) is 7.64. The minimum Gasteiger partial charge on any atom is -0.395 e. The summed E-state index contributed by atoms with van der Waals surface area (Å²) in [4.78, 5) is 12.9. The number of sulfone groups is 1. The molecule has 0 radical (unpaired) electrons. The lowest BCUT2D eigenvalue weighted by Crippen LogP contribution is -2.42. The quantitative estimate of drug-likeness (QED) is 0.625. The zero-order chi connectivity index (χ0) is 12.1. The number of carbonyl (C=O) groups is 1. The second kappa shape index (κ2) is 5.87. The van der Waals surface area contributed by atoms with Gasteiger partial charge in [-0.05, 0) is 6.92 Å². The van der Waals surface area contributed by atoms with Crippen molar-refractivity contribution in [2.24, 2.45) is 0 Å². The van der Waals surface area contributed by atoms with E-state index in [0.717, 1.165) is 6.26 Å². The number of aliphatic hydroxyl groups is 1. The molecule has 15 heavy (non-hydrogen) atoms. The number of hydrogen-bond acceptors (Lipinski definition) is 4. The molecular formula is C9H17NO4S. The van der Waals surface area contributed by atoms with Crippen molar-refractivity contribution in [1.82, 2.24) is 4.90 Å². The van der Waals surface area contributed by atoms with Crippen molar-refractivity contribution in [2.45, 2.75) is 12.2 Å². The number of aliphatic hydroxyl groups excluding tert-OH is 1. The highest BCUT2D eigenvalue weighted by Gasteiger charge is 2.27. The Bertz CT molecular complexity index is 323. The Kier molecular flexibility index (Phi) is 5.53. The Hall–Kier alpha value is -0.880. The monoisotopic (exact) mass is 235 g/mol. The van der Waals surface area contributed by atoms with Gasteiger partial charge in [0.25, 0.3) is 0 Å². The third-order valence-corrected chi connectivity index (χ3v) is 3.51. The smallest absolute Gasteiger partial charge is 0.240 e. The molecule has 1 amide bonds. The summed E-state index contributed by atoms with van der Waals surface area (Å²) in [6, 6.07) is 0. The molecule has 88 valence electrons. The molecule has 0 aliphatic carbocycles. The predicted molar refractivity (Wildman–Crippen MR) is 58.2 cm³/mol. The number of amides is 1. The summed E-state index contributed by atoms with van der Waals surface area (Å²) >= 11 is 0. The van der Waals surface area contributed by atoms with E-state index in [1.54, 1.807) is 0 Å². The van der Waals surface area contributed by atoms with Crippen LogP contribution in [0.25, 0.3) is 0 Å². The van der Waals surface area contributed by atoms with E-state index in [-0.39, 0.29) is 19.7 Å². The molecule has 6 heteroatoms. The van der Waals surface area contributed by atoms with Crippen LogP contribution in [0.5, 0.6) is 0 Å². The van der Waals surface area contributed by atoms with Crippen molar-refractivity contribution in [3.8, 4) is 0 Å². The predicted octanol–water partition coefficient (Wildman–Crippen LogP) is -0.574. The highest BCUT2D eigenvalue weighted by Crippen LogP contribution is 2.04. The van der Waals surface area contributed by atoms with Gasteiger partial charge in [0, 0.05) is 19.3 Å². The first-order valence-corrected chi connectivity index (χ1v) is 6.49. The Morgan fingerprint density at radius 1 is 1.60 bits per heavy atom. The third kappa shape index (κ3) is 4.44. The number of hydrogen-bond donors (Lipinski definition) is 1. The topological polar surface area (TPSA) is 74.7 Å². The molecule has 0 saturated heterocycles. The molecule has 5 nitrogen and oxygen atoms in total. The van der Waals surface area contributed by atoms with Gasteiger partial charge in [0.2, 0.25) is 5.91 Å². The Morgan fingerprint density at radius 3 is 2.47 bits per heavy atom. The molecule has 0 bridgehead atoms. The van der Waals surface area contributed by atoms with E-state index in [0.29, 0.717) is 0 Å². The normalized spacial score (nSPS) is 13.3. The van der Waals surface area contributed by atoms with Gasteiger partial charge in [0.1, 0.15) is 5.25 Å². The van der Waals surface area contributed by atoms with Crippen molar-refractivity contribution in [3.63, 3.8) is 0 Å². The van der Waals surface area contributed by atoms with E-state index in [9.17, 15) is 13.2 Å². The third-order valence-electron chi connectivity index (χ3n) is 2.02. The fourth-order valence-electron chi connectivity index (χ4n) is 1.01. The molecule has 1 unspecified atom stereocenters. The summed E-state index contributed by atoms with van der Waals surface area (Å²) in [5.41, 5.74) is 0. The van der Waals surface area contributed by atoms with Gasteiger partial charge in [0.05, 0.1) is 6.61 Å². The first-order chi connectivity index (χ1) is 6.84. The van der Waals surface area contributed by atoms with Crippen LogP contribution in [0.1, 0.15) is 6.92 Å². The minimum atomic E-state index is -3.39. The fourth-order valence-corrected chi connectivity index (χ4v) is 1.52. The van der Waals surface area contributed by atoms with Crippen molar-refractivity contribution in [2.75, 3.05) is 26.0 Å². The molecule has 0 spiro atoms. The van der Waals surface area contributed by atoms with Gasteiger partial charge in [-0.1, -0.05) is 6.08 Å². The average molecular weight is 235 g/mol. The zero-order valence-electron chi connectivity index (χ0n) is 9.01. The summed E-state index contributed by atoms with van der Waals surface area (Å²) in [5.74, 6) is -0.508. The first-order valence-electron chi connectivity index (χ1n) is 4.54.